The van der Waals surface area contributed by atoms with Crippen LogP contribution in [0.5, 0.6) is 0 Å². The Morgan fingerprint density at radius 3 is 2.81 bits per heavy atom. The van der Waals surface area contributed by atoms with Gasteiger partial charge in [0.25, 0.3) is 0 Å². The lowest BCUT2D eigenvalue weighted by molar-refractivity contribution is 0.0649. The molecule has 3 unspecified atom stereocenters. The standard InChI is InChI=1S/C13H22N2O/c1-9-5-4-6-11(7-9)13(16)12-8-10(2)14-15(12)3/h8-9,11,13,16H,4-7H2,1-3H3. The molecule has 16 heavy (non-hydrogen) atoms. The Hall–Kier alpha value is -0.830. The molecule has 0 aromatic carbocycles. The third-order valence-corrected chi connectivity index (χ3v) is 3.76. The highest BCUT2D eigenvalue weighted by Crippen LogP contribution is 2.36. The summed E-state index contributed by atoms with van der Waals surface area (Å²) in [7, 11) is 1.91. The number of aliphatic hydroxyl groups is 1. The van der Waals surface area contributed by atoms with Gasteiger partial charge in [0, 0.05) is 7.05 Å². The minimum Gasteiger partial charge on any atom is -0.387 e. The van der Waals surface area contributed by atoms with E-state index >= 15 is 0 Å². The van der Waals surface area contributed by atoms with Gasteiger partial charge in [-0.2, -0.15) is 5.10 Å². The molecule has 1 heterocycles. The van der Waals surface area contributed by atoms with E-state index in [4.69, 9.17) is 0 Å². The summed E-state index contributed by atoms with van der Waals surface area (Å²) in [6.07, 6.45) is 4.52. The first-order valence-corrected chi connectivity index (χ1v) is 6.26. The molecule has 0 radical (unpaired) electrons. The first-order chi connectivity index (χ1) is 7.58. The van der Waals surface area contributed by atoms with E-state index in [1.807, 2.05) is 24.7 Å². The van der Waals surface area contributed by atoms with Crippen LogP contribution in [0.15, 0.2) is 6.07 Å². The summed E-state index contributed by atoms with van der Waals surface area (Å²) in [5.74, 6) is 1.17. The van der Waals surface area contributed by atoms with E-state index < -0.39 is 0 Å². The normalized spacial score (nSPS) is 28.0. The second kappa shape index (κ2) is 4.58. The summed E-state index contributed by atoms with van der Waals surface area (Å²) in [4.78, 5) is 0. The van der Waals surface area contributed by atoms with E-state index in [-0.39, 0.29) is 6.10 Å². The van der Waals surface area contributed by atoms with Crippen LogP contribution in [0, 0.1) is 18.8 Å². The summed E-state index contributed by atoms with van der Waals surface area (Å²) in [5.41, 5.74) is 1.96. The van der Waals surface area contributed by atoms with E-state index in [9.17, 15) is 5.11 Å². The van der Waals surface area contributed by atoms with E-state index in [0.717, 1.165) is 30.1 Å². The molecule has 1 aromatic rings. The van der Waals surface area contributed by atoms with Crippen LogP contribution in [0.25, 0.3) is 0 Å². The highest BCUT2D eigenvalue weighted by atomic mass is 16.3. The fourth-order valence-corrected chi connectivity index (χ4v) is 2.92. The Morgan fingerprint density at radius 2 is 2.25 bits per heavy atom. The Labute approximate surface area is 97.5 Å². The minimum atomic E-state index is -0.339. The van der Waals surface area contributed by atoms with Crippen LogP contribution in [0.4, 0.5) is 0 Å². The molecule has 0 spiro atoms. The zero-order chi connectivity index (χ0) is 11.7. The van der Waals surface area contributed by atoms with Crippen molar-refractivity contribution >= 4 is 0 Å². The second-order valence-corrected chi connectivity index (χ2v) is 5.31. The van der Waals surface area contributed by atoms with Crippen molar-refractivity contribution < 1.29 is 5.11 Å². The van der Waals surface area contributed by atoms with E-state index in [1.165, 1.54) is 12.8 Å². The number of hydrogen-bond donors (Lipinski definition) is 1. The van der Waals surface area contributed by atoms with Crippen LogP contribution in [0.1, 0.15) is 50.1 Å². The van der Waals surface area contributed by atoms with Gasteiger partial charge in [0.05, 0.1) is 17.5 Å². The molecule has 1 aromatic heterocycles. The molecule has 1 N–H and O–H groups in total. The molecule has 3 atom stereocenters. The van der Waals surface area contributed by atoms with Crippen molar-refractivity contribution in [2.24, 2.45) is 18.9 Å². The van der Waals surface area contributed by atoms with Crippen molar-refractivity contribution in [1.29, 1.82) is 0 Å². The summed E-state index contributed by atoms with van der Waals surface area (Å²) in [6.45, 7) is 4.26. The first kappa shape index (κ1) is 11.6. The number of aryl methyl sites for hydroxylation is 2. The Kier molecular flexibility index (Phi) is 3.33. The summed E-state index contributed by atoms with van der Waals surface area (Å²) >= 11 is 0. The first-order valence-electron chi connectivity index (χ1n) is 6.26. The van der Waals surface area contributed by atoms with Gasteiger partial charge < -0.3 is 5.11 Å². The van der Waals surface area contributed by atoms with Crippen LogP contribution in [0.2, 0.25) is 0 Å². The molecule has 0 saturated heterocycles. The van der Waals surface area contributed by atoms with Crippen molar-refractivity contribution in [1.82, 2.24) is 9.78 Å². The predicted molar refractivity (Wildman–Crippen MR) is 64.0 cm³/mol. The lowest BCUT2D eigenvalue weighted by Gasteiger charge is -2.30. The van der Waals surface area contributed by atoms with Crippen LogP contribution < -0.4 is 0 Å². The van der Waals surface area contributed by atoms with Gasteiger partial charge in [-0.25, -0.2) is 0 Å². The van der Waals surface area contributed by atoms with Crippen LogP contribution >= 0.6 is 0 Å². The highest BCUT2D eigenvalue weighted by molar-refractivity contribution is 5.12. The van der Waals surface area contributed by atoms with Gasteiger partial charge in [0.2, 0.25) is 0 Å². The van der Waals surface area contributed by atoms with E-state index in [1.54, 1.807) is 0 Å². The molecule has 2 rings (SSSR count). The Bertz CT molecular complexity index is 359. The maximum atomic E-state index is 10.4. The third-order valence-electron chi connectivity index (χ3n) is 3.76. The van der Waals surface area contributed by atoms with E-state index in [0.29, 0.717) is 5.92 Å². The molecule has 0 bridgehead atoms. The van der Waals surface area contributed by atoms with Gasteiger partial charge in [-0.1, -0.05) is 19.8 Å². The van der Waals surface area contributed by atoms with E-state index in [2.05, 4.69) is 12.0 Å². The molecule has 1 aliphatic rings. The number of aromatic nitrogens is 2. The monoisotopic (exact) mass is 222 g/mol. The average molecular weight is 222 g/mol. The summed E-state index contributed by atoms with van der Waals surface area (Å²) < 4.78 is 1.82. The summed E-state index contributed by atoms with van der Waals surface area (Å²) in [5, 5.41) is 14.7. The fourth-order valence-electron chi connectivity index (χ4n) is 2.92. The average Bonchev–Trinajstić information content (AvgIpc) is 2.57. The molecule has 1 fully saturated rings. The zero-order valence-electron chi connectivity index (χ0n) is 10.5. The minimum absolute atomic E-state index is 0.339. The molecule has 90 valence electrons. The van der Waals surface area contributed by atoms with Crippen LogP contribution in [-0.2, 0) is 7.05 Å². The lowest BCUT2D eigenvalue weighted by atomic mass is 9.79. The fraction of sp³-hybridized carbons (Fsp3) is 0.769. The van der Waals surface area contributed by atoms with Crippen molar-refractivity contribution in [3.63, 3.8) is 0 Å². The largest absolute Gasteiger partial charge is 0.387 e. The van der Waals surface area contributed by atoms with Gasteiger partial charge in [-0.15, -0.1) is 0 Å². The van der Waals surface area contributed by atoms with Gasteiger partial charge in [0.1, 0.15) is 0 Å². The second-order valence-electron chi connectivity index (χ2n) is 5.31. The topological polar surface area (TPSA) is 38.0 Å². The van der Waals surface area contributed by atoms with Crippen molar-refractivity contribution in [2.75, 3.05) is 0 Å². The molecular weight excluding hydrogens is 200 g/mol. The molecule has 1 saturated carbocycles. The number of nitrogens with zero attached hydrogens (tertiary/aromatic N) is 2. The van der Waals surface area contributed by atoms with Gasteiger partial charge in [0.15, 0.2) is 0 Å². The molecule has 3 heteroatoms. The van der Waals surface area contributed by atoms with Crippen molar-refractivity contribution in [3.05, 3.63) is 17.5 Å². The van der Waals surface area contributed by atoms with Crippen LogP contribution in [0.3, 0.4) is 0 Å². The van der Waals surface area contributed by atoms with Crippen molar-refractivity contribution in [2.45, 2.75) is 45.6 Å². The zero-order valence-corrected chi connectivity index (χ0v) is 10.5. The van der Waals surface area contributed by atoms with Crippen molar-refractivity contribution in [3.8, 4) is 0 Å². The summed E-state index contributed by atoms with van der Waals surface area (Å²) in [6, 6.07) is 2.00. The predicted octanol–water partition coefficient (Wildman–Crippen LogP) is 2.59. The number of rotatable bonds is 2. The third kappa shape index (κ3) is 2.29. The molecule has 1 aliphatic carbocycles. The maximum absolute atomic E-state index is 10.4. The molecular formula is C13H22N2O. The van der Waals surface area contributed by atoms with Gasteiger partial charge in [-0.05, 0) is 37.7 Å². The van der Waals surface area contributed by atoms with Gasteiger partial charge in [-0.3, -0.25) is 4.68 Å². The van der Waals surface area contributed by atoms with Gasteiger partial charge >= 0.3 is 0 Å². The number of hydrogen-bond acceptors (Lipinski definition) is 2. The lowest BCUT2D eigenvalue weighted by Crippen LogP contribution is -2.21. The quantitative estimate of drug-likeness (QED) is 0.835. The SMILES string of the molecule is Cc1cc(C(O)C2CCCC(C)C2)n(C)n1. The molecule has 0 aliphatic heterocycles. The maximum Gasteiger partial charge on any atom is 0.0984 e. The Morgan fingerprint density at radius 1 is 1.50 bits per heavy atom. The molecule has 3 nitrogen and oxygen atoms in total. The van der Waals surface area contributed by atoms with Crippen LogP contribution in [-0.4, -0.2) is 14.9 Å². The highest BCUT2D eigenvalue weighted by Gasteiger charge is 2.28. The number of aliphatic hydroxyl groups excluding tert-OH is 1. The smallest absolute Gasteiger partial charge is 0.0984 e. The Balaban J connectivity index is 2.11. The molecule has 0 amide bonds.